The average Bonchev–Trinajstić information content (AvgIpc) is 2.19. The number of hydrazine groups is 1. The van der Waals surface area contributed by atoms with Crippen LogP contribution in [0, 0.1) is 0 Å². The van der Waals surface area contributed by atoms with Gasteiger partial charge in [0.05, 0.1) is 0 Å². The average molecular weight is 188 g/mol. The van der Waals surface area contributed by atoms with Crippen LogP contribution in [0.1, 0.15) is 26.2 Å². The maximum Gasteiger partial charge on any atom is 0.236 e. The minimum Gasteiger partial charge on any atom is -0.340 e. The van der Waals surface area contributed by atoms with E-state index in [0.717, 1.165) is 13.1 Å². The molecule has 1 fully saturated rings. The normalized spacial score (nSPS) is 20.5. The summed E-state index contributed by atoms with van der Waals surface area (Å²) in [5, 5.41) is 2.16. The lowest BCUT2D eigenvalue weighted by Crippen LogP contribution is -2.56. The fourth-order valence-corrected chi connectivity index (χ4v) is 1.47. The number of methoxy groups -OCH3 is 2. The number of ether oxygens (including phenoxy) is 2. The predicted octanol–water partition coefficient (Wildman–Crippen LogP) is 0.943. The molecule has 0 radical (unpaired) electrons. The molecular weight excluding hydrogens is 168 g/mol. The van der Waals surface area contributed by atoms with E-state index in [9.17, 15) is 0 Å². The molecule has 0 spiro atoms. The monoisotopic (exact) mass is 188 g/mol. The Balaban J connectivity index is 2.35. The second-order valence-corrected chi connectivity index (χ2v) is 3.51. The molecule has 0 atom stereocenters. The van der Waals surface area contributed by atoms with E-state index in [1.165, 1.54) is 19.3 Å². The molecule has 1 saturated heterocycles. The Morgan fingerprint density at radius 1 is 1.08 bits per heavy atom. The molecule has 0 unspecified atom stereocenters. The highest BCUT2D eigenvalue weighted by atomic mass is 16.7. The fraction of sp³-hybridized carbons (Fsp3) is 1.00. The molecule has 0 saturated carbocycles. The largest absolute Gasteiger partial charge is 0.340 e. The number of hydrogen-bond acceptors (Lipinski definition) is 4. The molecule has 4 heteroatoms. The Hall–Kier alpha value is -0.160. The first kappa shape index (κ1) is 10.9. The molecule has 4 nitrogen and oxygen atoms in total. The van der Waals surface area contributed by atoms with Crippen LogP contribution in [0.3, 0.4) is 0 Å². The van der Waals surface area contributed by atoms with Crippen molar-refractivity contribution in [3.63, 3.8) is 0 Å². The third kappa shape index (κ3) is 3.23. The fourth-order valence-electron chi connectivity index (χ4n) is 1.47. The highest BCUT2D eigenvalue weighted by Crippen LogP contribution is 2.11. The second kappa shape index (κ2) is 4.91. The summed E-state index contributed by atoms with van der Waals surface area (Å²) in [4.78, 5) is 0. The summed E-state index contributed by atoms with van der Waals surface area (Å²) in [6, 6.07) is 0. The Kier molecular flexibility index (Phi) is 4.12. The Bertz CT molecular complexity index is 143. The minimum atomic E-state index is -0.683. The molecule has 0 aromatic rings. The third-order valence-corrected chi connectivity index (χ3v) is 2.50. The summed E-state index contributed by atoms with van der Waals surface area (Å²) in [7, 11) is 3.28. The summed E-state index contributed by atoms with van der Waals surface area (Å²) in [6.07, 6.45) is 3.82. The molecule has 1 aliphatic rings. The SMILES string of the molecule is COC(C)(NN1CCCCC1)OC. The van der Waals surface area contributed by atoms with Gasteiger partial charge in [0.1, 0.15) is 0 Å². The van der Waals surface area contributed by atoms with E-state index in [0.29, 0.717) is 0 Å². The molecule has 78 valence electrons. The zero-order chi connectivity index (χ0) is 9.73. The Morgan fingerprint density at radius 3 is 2.08 bits per heavy atom. The van der Waals surface area contributed by atoms with E-state index in [4.69, 9.17) is 9.47 Å². The first-order chi connectivity index (χ1) is 6.20. The molecule has 1 aliphatic heterocycles. The van der Waals surface area contributed by atoms with Crippen molar-refractivity contribution < 1.29 is 9.47 Å². The van der Waals surface area contributed by atoms with Crippen LogP contribution >= 0.6 is 0 Å². The van der Waals surface area contributed by atoms with Crippen molar-refractivity contribution in [3.05, 3.63) is 0 Å². The van der Waals surface area contributed by atoms with E-state index in [-0.39, 0.29) is 0 Å². The summed E-state index contributed by atoms with van der Waals surface area (Å²) < 4.78 is 10.4. The summed E-state index contributed by atoms with van der Waals surface area (Å²) in [6.45, 7) is 4.02. The van der Waals surface area contributed by atoms with Gasteiger partial charge in [-0.3, -0.25) is 0 Å². The summed E-state index contributed by atoms with van der Waals surface area (Å²) >= 11 is 0. The van der Waals surface area contributed by atoms with Crippen LogP contribution in [0.25, 0.3) is 0 Å². The predicted molar refractivity (Wildman–Crippen MR) is 51.0 cm³/mol. The third-order valence-electron chi connectivity index (χ3n) is 2.50. The zero-order valence-electron chi connectivity index (χ0n) is 8.80. The van der Waals surface area contributed by atoms with Gasteiger partial charge in [-0.2, -0.15) is 0 Å². The van der Waals surface area contributed by atoms with Crippen molar-refractivity contribution in [1.82, 2.24) is 10.4 Å². The van der Waals surface area contributed by atoms with Gasteiger partial charge >= 0.3 is 0 Å². The maximum absolute atomic E-state index is 5.21. The van der Waals surface area contributed by atoms with Gasteiger partial charge < -0.3 is 9.47 Å². The molecule has 0 aromatic carbocycles. The number of piperidine rings is 1. The maximum atomic E-state index is 5.21. The molecule has 0 bridgehead atoms. The van der Waals surface area contributed by atoms with Gasteiger partial charge in [0.2, 0.25) is 5.91 Å². The lowest BCUT2D eigenvalue weighted by atomic mass is 10.2. The van der Waals surface area contributed by atoms with Crippen LogP contribution in [0.4, 0.5) is 0 Å². The number of nitrogens with zero attached hydrogens (tertiary/aromatic N) is 1. The Labute approximate surface area is 80.2 Å². The van der Waals surface area contributed by atoms with Gasteiger partial charge in [-0.25, -0.2) is 10.4 Å². The van der Waals surface area contributed by atoms with Gasteiger partial charge in [-0.15, -0.1) is 0 Å². The van der Waals surface area contributed by atoms with Gasteiger partial charge in [0.15, 0.2) is 0 Å². The zero-order valence-corrected chi connectivity index (χ0v) is 8.80. The van der Waals surface area contributed by atoms with E-state index in [2.05, 4.69) is 10.4 Å². The summed E-state index contributed by atoms with van der Waals surface area (Å²) in [5.74, 6) is -0.683. The quantitative estimate of drug-likeness (QED) is 0.666. The number of nitrogens with one attached hydrogen (secondary N) is 1. The van der Waals surface area contributed by atoms with E-state index in [1.807, 2.05) is 6.92 Å². The minimum absolute atomic E-state index is 0.683. The van der Waals surface area contributed by atoms with Crippen LogP contribution < -0.4 is 5.43 Å². The van der Waals surface area contributed by atoms with E-state index in [1.54, 1.807) is 14.2 Å². The van der Waals surface area contributed by atoms with Gasteiger partial charge in [0, 0.05) is 34.2 Å². The Morgan fingerprint density at radius 2 is 1.62 bits per heavy atom. The van der Waals surface area contributed by atoms with E-state index < -0.39 is 5.91 Å². The van der Waals surface area contributed by atoms with Crippen LogP contribution in [0.5, 0.6) is 0 Å². The van der Waals surface area contributed by atoms with Crippen LogP contribution in [0.2, 0.25) is 0 Å². The molecule has 1 N–H and O–H groups in total. The molecule has 0 aliphatic carbocycles. The van der Waals surface area contributed by atoms with E-state index >= 15 is 0 Å². The van der Waals surface area contributed by atoms with Crippen LogP contribution in [-0.2, 0) is 9.47 Å². The second-order valence-electron chi connectivity index (χ2n) is 3.51. The van der Waals surface area contributed by atoms with Crippen LogP contribution in [0.15, 0.2) is 0 Å². The molecule has 1 rings (SSSR count). The van der Waals surface area contributed by atoms with Crippen molar-refractivity contribution in [2.45, 2.75) is 32.1 Å². The van der Waals surface area contributed by atoms with Crippen molar-refractivity contribution >= 4 is 0 Å². The van der Waals surface area contributed by atoms with Crippen molar-refractivity contribution in [2.24, 2.45) is 0 Å². The van der Waals surface area contributed by atoms with Crippen molar-refractivity contribution in [1.29, 1.82) is 0 Å². The van der Waals surface area contributed by atoms with Crippen molar-refractivity contribution in [2.75, 3.05) is 27.3 Å². The van der Waals surface area contributed by atoms with Gasteiger partial charge in [0.25, 0.3) is 0 Å². The molecule has 13 heavy (non-hydrogen) atoms. The smallest absolute Gasteiger partial charge is 0.236 e. The highest BCUT2D eigenvalue weighted by Gasteiger charge is 2.25. The standard InChI is InChI=1S/C9H20N2O2/c1-9(12-2,13-3)10-11-7-5-4-6-8-11/h10H,4-8H2,1-3H3. The highest BCUT2D eigenvalue weighted by molar-refractivity contribution is 4.64. The first-order valence-corrected chi connectivity index (χ1v) is 4.83. The van der Waals surface area contributed by atoms with Gasteiger partial charge in [-0.05, 0) is 12.8 Å². The number of hydrogen-bond donors (Lipinski definition) is 1. The topological polar surface area (TPSA) is 33.7 Å². The lowest BCUT2D eigenvalue weighted by Gasteiger charge is -2.36. The number of rotatable bonds is 4. The molecule has 1 heterocycles. The first-order valence-electron chi connectivity index (χ1n) is 4.83. The van der Waals surface area contributed by atoms with Gasteiger partial charge in [-0.1, -0.05) is 6.42 Å². The molecule has 0 aromatic heterocycles. The van der Waals surface area contributed by atoms with Crippen molar-refractivity contribution in [3.8, 4) is 0 Å². The molecule has 0 amide bonds. The lowest BCUT2D eigenvalue weighted by molar-refractivity contribution is -0.245. The summed E-state index contributed by atoms with van der Waals surface area (Å²) in [5.41, 5.74) is 3.22. The molecular formula is C9H20N2O2. The van der Waals surface area contributed by atoms with Crippen LogP contribution in [-0.4, -0.2) is 38.2 Å².